The van der Waals surface area contributed by atoms with E-state index in [1.807, 2.05) is 0 Å². The van der Waals surface area contributed by atoms with Crippen molar-refractivity contribution in [2.75, 3.05) is 0 Å². The molecule has 0 aliphatic carbocycles. The molecule has 296 valence electrons. The Hall–Kier alpha value is -2.48. The molecule has 0 aromatic heterocycles. The number of nitrogens with zero attached hydrogens (tertiary/aromatic N) is 2. The predicted molar refractivity (Wildman–Crippen MR) is 235 cm³/mol. The summed E-state index contributed by atoms with van der Waals surface area (Å²) in [5.74, 6) is 0. The fourth-order valence-corrected chi connectivity index (χ4v) is 8.78. The van der Waals surface area contributed by atoms with E-state index in [2.05, 4.69) is 79.7 Å². The van der Waals surface area contributed by atoms with Crippen molar-refractivity contribution in [2.45, 2.75) is 229 Å². The van der Waals surface area contributed by atoms with Crippen LogP contribution in [0.5, 0.6) is 0 Å². The Balaban J connectivity index is 2.23. The molecular weight excluding hydrogens is 641 g/mol. The van der Waals surface area contributed by atoms with Crippen molar-refractivity contribution < 1.29 is 4.70 Å². The van der Waals surface area contributed by atoms with Gasteiger partial charge in [-0.15, -0.1) is 0 Å². The van der Waals surface area contributed by atoms with Gasteiger partial charge in [-0.3, -0.25) is 0 Å². The van der Waals surface area contributed by atoms with Crippen molar-refractivity contribution in [3.05, 3.63) is 85.5 Å². The van der Waals surface area contributed by atoms with Gasteiger partial charge in [-0.05, 0) is 154 Å². The summed E-state index contributed by atoms with van der Waals surface area (Å²) in [4.78, 5) is 0. The lowest BCUT2D eigenvalue weighted by atomic mass is 9.86. The number of benzene rings is 2. The number of aryl methyl sites for hydroxylation is 4. The first kappa shape index (κ1) is 44.9. The zero-order chi connectivity index (χ0) is 38.4. The van der Waals surface area contributed by atoms with Crippen LogP contribution < -0.4 is 0 Å². The highest BCUT2D eigenvalue weighted by molar-refractivity contribution is 5.82. The molecule has 0 spiro atoms. The van der Waals surface area contributed by atoms with Crippen LogP contribution in [-0.4, -0.2) is 4.70 Å². The van der Waals surface area contributed by atoms with Crippen LogP contribution in [0.2, 0.25) is 0 Å². The second-order valence-electron chi connectivity index (χ2n) is 16.5. The van der Waals surface area contributed by atoms with Crippen molar-refractivity contribution in [1.29, 1.82) is 0 Å². The molecule has 0 radical (unpaired) electrons. The van der Waals surface area contributed by atoms with E-state index in [0.717, 1.165) is 56.3 Å². The van der Waals surface area contributed by atoms with Gasteiger partial charge in [0.05, 0.1) is 0 Å². The number of hydrogen-bond acceptors (Lipinski definition) is 0. The molecular formula is C51H82N2. The molecule has 0 N–H and O–H groups in total. The molecule has 1 heterocycles. The SMILES string of the molecule is CCCCCc1cc(C2=C(C)C(CCCC)=C(c3cc(CCCCC)c(CCCCC)c(CCCCC)c3)[N+]2=[N-])cc(CCCCC)c1CCCCC. The smallest absolute Gasteiger partial charge is 0.211 e. The number of allylic oxidation sites excluding steroid dienone is 2. The van der Waals surface area contributed by atoms with Crippen LogP contribution in [0.1, 0.15) is 235 Å². The summed E-state index contributed by atoms with van der Waals surface area (Å²) in [6.07, 6.45) is 33.0. The van der Waals surface area contributed by atoms with Crippen LogP contribution in [0.3, 0.4) is 0 Å². The van der Waals surface area contributed by atoms with Gasteiger partial charge in [-0.2, -0.15) is 0 Å². The standard InChI is InChI=1S/C51H82N2/c1-9-16-23-29-41-36-45(37-42(30-24-17-10-2)48(41)34-27-20-13-5)50-40(8)47(33-22-15-7)51(53(50)52)46-38-43(31-25-18-11-3)49(35-28-21-14-6)44(39-46)32-26-19-12-4/h36-39H,9-35H2,1-8H3. The molecule has 3 rings (SSSR count). The molecule has 1 aliphatic heterocycles. The highest BCUT2D eigenvalue weighted by Gasteiger charge is 2.34. The van der Waals surface area contributed by atoms with E-state index >= 15 is 0 Å². The Morgan fingerprint density at radius 1 is 0.377 bits per heavy atom. The molecule has 2 aromatic rings. The Kier molecular flexibility index (Phi) is 21.7. The Labute approximate surface area is 329 Å². The van der Waals surface area contributed by atoms with E-state index < -0.39 is 0 Å². The van der Waals surface area contributed by atoms with Crippen LogP contribution in [0.4, 0.5) is 0 Å². The molecule has 0 fully saturated rings. The van der Waals surface area contributed by atoms with Gasteiger partial charge >= 0.3 is 0 Å². The summed E-state index contributed by atoms with van der Waals surface area (Å²) in [6.45, 7) is 18.5. The minimum Gasteiger partial charge on any atom is -0.493 e. The molecule has 0 atom stereocenters. The van der Waals surface area contributed by atoms with Crippen LogP contribution in [0, 0.1) is 0 Å². The third-order valence-corrected chi connectivity index (χ3v) is 12.0. The van der Waals surface area contributed by atoms with E-state index in [1.165, 1.54) is 151 Å². The Morgan fingerprint density at radius 2 is 0.679 bits per heavy atom. The van der Waals surface area contributed by atoms with Gasteiger partial charge in [0.25, 0.3) is 0 Å². The molecule has 2 heteroatoms. The maximum atomic E-state index is 12.6. The van der Waals surface area contributed by atoms with E-state index in [0.29, 0.717) is 0 Å². The lowest BCUT2D eigenvalue weighted by Gasteiger charge is -2.20. The van der Waals surface area contributed by atoms with Crippen LogP contribution in [0.25, 0.3) is 16.9 Å². The first-order valence-electron chi connectivity index (χ1n) is 23.1. The number of hydrogen-bond donors (Lipinski definition) is 0. The average molecular weight is 723 g/mol. The molecule has 2 aromatic carbocycles. The minimum absolute atomic E-state index is 1.01. The van der Waals surface area contributed by atoms with Crippen molar-refractivity contribution in [1.82, 2.24) is 0 Å². The van der Waals surface area contributed by atoms with Crippen molar-refractivity contribution in [2.24, 2.45) is 0 Å². The highest BCUT2D eigenvalue weighted by atomic mass is 15.2. The lowest BCUT2D eigenvalue weighted by Crippen LogP contribution is -2.09. The zero-order valence-corrected chi connectivity index (χ0v) is 36.3. The minimum atomic E-state index is 1.01. The van der Waals surface area contributed by atoms with Crippen molar-refractivity contribution in [3.63, 3.8) is 0 Å². The monoisotopic (exact) mass is 723 g/mol. The summed E-state index contributed by atoms with van der Waals surface area (Å²) in [5, 5.41) is 0. The van der Waals surface area contributed by atoms with Gasteiger partial charge in [0.1, 0.15) is 0 Å². The van der Waals surface area contributed by atoms with Gasteiger partial charge in [0.2, 0.25) is 11.4 Å². The second kappa shape index (κ2) is 25.6. The first-order valence-corrected chi connectivity index (χ1v) is 23.1. The summed E-state index contributed by atoms with van der Waals surface area (Å²) >= 11 is 0. The van der Waals surface area contributed by atoms with Crippen LogP contribution in [-0.2, 0) is 38.5 Å². The fourth-order valence-electron chi connectivity index (χ4n) is 8.78. The maximum absolute atomic E-state index is 12.6. The lowest BCUT2D eigenvalue weighted by molar-refractivity contribution is -0.345. The molecule has 2 nitrogen and oxygen atoms in total. The topological polar surface area (TPSA) is 25.3 Å². The van der Waals surface area contributed by atoms with Crippen molar-refractivity contribution in [3.8, 4) is 0 Å². The molecule has 0 amide bonds. The summed E-state index contributed by atoms with van der Waals surface area (Å²) in [5.41, 5.74) is 29.3. The van der Waals surface area contributed by atoms with Crippen LogP contribution >= 0.6 is 0 Å². The Bertz CT molecular complexity index is 1390. The maximum Gasteiger partial charge on any atom is 0.211 e. The van der Waals surface area contributed by atoms with E-state index in [4.69, 9.17) is 0 Å². The fraction of sp³-hybridized carbons (Fsp3) is 0.686. The summed E-state index contributed by atoms with van der Waals surface area (Å²) in [7, 11) is 0. The number of rotatable bonds is 29. The molecule has 1 aliphatic rings. The van der Waals surface area contributed by atoms with Crippen LogP contribution in [0.15, 0.2) is 35.4 Å². The molecule has 0 saturated heterocycles. The zero-order valence-electron chi connectivity index (χ0n) is 36.3. The van der Waals surface area contributed by atoms with E-state index in [1.54, 1.807) is 38.1 Å². The van der Waals surface area contributed by atoms with Gasteiger partial charge in [-0.25, -0.2) is 4.70 Å². The average Bonchev–Trinajstić information content (AvgIpc) is 3.40. The third-order valence-electron chi connectivity index (χ3n) is 12.0. The third kappa shape index (κ3) is 13.4. The van der Waals surface area contributed by atoms with E-state index in [-0.39, 0.29) is 0 Å². The van der Waals surface area contributed by atoms with E-state index in [9.17, 15) is 5.53 Å². The quantitative estimate of drug-likeness (QED) is 0.0590. The number of unbranched alkanes of at least 4 members (excludes halogenated alkanes) is 13. The van der Waals surface area contributed by atoms with Gasteiger partial charge < -0.3 is 5.53 Å². The molecule has 53 heavy (non-hydrogen) atoms. The largest absolute Gasteiger partial charge is 0.493 e. The van der Waals surface area contributed by atoms with Gasteiger partial charge in [0.15, 0.2) is 0 Å². The highest BCUT2D eigenvalue weighted by Crippen LogP contribution is 2.44. The van der Waals surface area contributed by atoms with Gasteiger partial charge in [-0.1, -0.05) is 132 Å². The summed E-state index contributed by atoms with van der Waals surface area (Å²) < 4.78 is 1.66. The Morgan fingerprint density at radius 3 is 1.00 bits per heavy atom. The molecule has 0 unspecified atom stereocenters. The van der Waals surface area contributed by atoms with Crippen molar-refractivity contribution >= 4 is 11.4 Å². The van der Waals surface area contributed by atoms with Gasteiger partial charge in [0, 0.05) is 22.3 Å². The summed E-state index contributed by atoms with van der Waals surface area (Å²) in [6, 6.07) is 10.0. The molecule has 0 saturated carbocycles. The first-order chi connectivity index (χ1) is 25.9. The second-order valence-corrected chi connectivity index (χ2v) is 16.5. The molecule has 0 bridgehead atoms. The normalized spacial score (nSPS) is 13.3. The predicted octanol–water partition coefficient (Wildman–Crippen LogP) is 16.5.